The molecule has 0 aliphatic carbocycles. The third-order valence-corrected chi connectivity index (χ3v) is 4.63. The zero-order chi connectivity index (χ0) is 21.2. The number of rotatable bonds is 6. The Morgan fingerprint density at radius 3 is 2.17 bits per heavy atom. The maximum Gasteiger partial charge on any atom is 0.408 e. The minimum Gasteiger partial charge on any atom is -0.445 e. The van der Waals surface area contributed by atoms with Gasteiger partial charge in [0.2, 0.25) is 0 Å². The fraction of sp³-hybridized carbons (Fsp3) is 0.318. The van der Waals surface area contributed by atoms with E-state index < -0.39 is 24.1 Å². The van der Waals surface area contributed by atoms with Gasteiger partial charge in [-0.15, -0.1) is 0 Å². The van der Waals surface area contributed by atoms with Gasteiger partial charge in [0.05, 0.1) is 13.2 Å². The molecule has 0 saturated carbocycles. The van der Waals surface area contributed by atoms with Gasteiger partial charge in [-0.05, 0) is 11.1 Å². The van der Waals surface area contributed by atoms with E-state index in [9.17, 15) is 14.4 Å². The van der Waals surface area contributed by atoms with Crippen molar-refractivity contribution in [3.63, 3.8) is 0 Å². The van der Waals surface area contributed by atoms with E-state index in [1.54, 1.807) is 0 Å². The summed E-state index contributed by atoms with van der Waals surface area (Å²) in [5, 5.41) is 4.95. The Hall–Kier alpha value is -3.39. The fourth-order valence-corrected chi connectivity index (χ4v) is 3.00. The summed E-state index contributed by atoms with van der Waals surface area (Å²) in [6.07, 6.45) is -0.502. The molecule has 30 heavy (non-hydrogen) atoms. The highest BCUT2D eigenvalue weighted by molar-refractivity contribution is 5.98. The number of carbonyl (C=O) groups is 3. The van der Waals surface area contributed by atoms with Crippen molar-refractivity contribution in [2.45, 2.75) is 19.1 Å². The minimum atomic E-state index is -0.958. The van der Waals surface area contributed by atoms with Gasteiger partial charge in [0.25, 0.3) is 5.91 Å². The van der Waals surface area contributed by atoms with Gasteiger partial charge in [-0.2, -0.15) is 0 Å². The van der Waals surface area contributed by atoms with Crippen LogP contribution in [0.5, 0.6) is 0 Å². The summed E-state index contributed by atoms with van der Waals surface area (Å²) < 4.78 is 10.4. The SMILES string of the molecule is O=C(N[C@@H](Cc1ccccc1)C(=O)NC(=O)N1CCOCC1)OCc1ccccc1. The lowest BCUT2D eigenvalue weighted by molar-refractivity contribution is -0.122. The van der Waals surface area contributed by atoms with Crippen molar-refractivity contribution in [2.24, 2.45) is 0 Å². The smallest absolute Gasteiger partial charge is 0.408 e. The second kappa shape index (κ2) is 11.0. The van der Waals surface area contributed by atoms with Crippen LogP contribution in [0.3, 0.4) is 0 Å². The van der Waals surface area contributed by atoms with Crippen molar-refractivity contribution in [2.75, 3.05) is 26.3 Å². The third kappa shape index (κ3) is 6.59. The van der Waals surface area contributed by atoms with E-state index in [4.69, 9.17) is 9.47 Å². The number of amides is 4. The topological polar surface area (TPSA) is 97.0 Å². The van der Waals surface area contributed by atoms with Gasteiger partial charge in [-0.3, -0.25) is 10.1 Å². The lowest BCUT2D eigenvalue weighted by Crippen LogP contribution is -2.54. The van der Waals surface area contributed by atoms with Gasteiger partial charge < -0.3 is 19.7 Å². The van der Waals surface area contributed by atoms with Crippen molar-refractivity contribution in [3.8, 4) is 0 Å². The molecule has 0 spiro atoms. The third-order valence-electron chi connectivity index (χ3n) is 4.63. The average Bonchev–Trinajstić information content (AvgIpc) is 2.79. The molecule has 0 radical (unpaired) electrons. The molecule has 0 bridgehead atoms. The fourth-order valence-electron chi connectivity index (χ4n) is 3.00. The molecule has 2 aromatic carbocycles. The van der Waals surface area contributed by atoms with Crippen molar-refractivity contribution < 1.29 is 23.9 Å². The Morgan fingerprint density at radius 2 is 1.53 bits per heavy atom. The molecule has 4 amide bonds. The monoisotopic (exact) mass is 411 g/mol. The number of urea groups is 1. The van der Waals surface area contributed by atoms with Crippen molar-refractivity contribution in [3.05, 3.63) is 71.8 Å². The standard InChI is InChI=1S/C22H25N3O5/c26-20(24-21(27)25-11-13-29-14-12-25)19(15-17-7-3-1-4-8-17)23-22(28)30-16-18-9-5-2-6-10-18/h1-10,19H,11-16H2,(H,23,28)(H,24,26,27)/t19-/m0/s1. The summed E-state index contributed by atoms with van der Waals surface area (Å²) in [6, 6.07) is 17.0. The van der Waals surface area contributed by atoms with Crippen LogP contribution in [0.1, 0.15) is 11.1 Å². The first-order valence-corrected chi connectivity index (χ1v) is 9.80. The molecule has 0 unspecified atom stereocenters. The first kappa shape index (κ1) is 21.3. The lowest BCUT2D eigenvalue weighted by Gasteiger charge is -2.27. The molecule has 1 saturated heterocycles. The summed E-state index contributed by atoms with van der Waals surface area (Å²) in [4.78, 5) is 38.9. The van der Waals surface area contributed by atoms with Gasteiger partial charge in [-0.25, -0.2) is 9.59 Å². The van der Waals surface area contributed by atoms with Crippen LogP contribution in [-0.2, 0) is 27.3 Å². The van der Waals surface area contributed by atoms with Crippen LogP contribution in [0, 0.1) is 0 Å². The zero-order valence-electron chi connectivity index (χ0n) is 16.6. The summed E-state index contributed by atoms with van der Waals surface area (Å²) in [6.45, 7) is 1.77. The molecular weight excluding hydrogens is 386 g/mol. The number of nitrogens with zero attached hydrogens (tertiary/aromatic N) is 1. The Bertz CT molecular complexity index is 838. The summed E-state index contributed by atoms with van der Waals surface area (Å²) in [5.74, 6) is -0.591. The Balaban J connectivity index is 1.60. The van der Waals surface area contributed by atoms with Crippen LogP contribution in [0.2, 0.25) is 0 Å². The van der Waals surface area contributed by atoms with Crippen molar-refractivity contribution >= 4 is 18.0 Å². The van der Waals surface area contributed by atoms with E-state index >= 15 is 0 Å². The van der Waals surface area contributed by atoms with Gasteiger partial charge >= 0.3 is 12.1 Å². The van der Waals surface area contributed by atoms with Crippen LogP contribution in [0.15, 0.2) is 60.7 Å². The first-order chi connectivity index (χ1) is 14.6. The normalized spacial score (nSPS) is 14.5. The lowest BCUT2D eigenvalue weighted by atomic mass is 10.1. The Labute approximate surface area is 175 Å². The van der Waals surface area contributed by atoms with Gasteiger partial charge in [0.15, 0.2) is 0 Å². The number of hydrogen-bond acceptors (Lipinski definition) is 5. The van der Waals surface area contributed by atoms with Gasteiger partial charge in [0, 0.05) is 19.5 Å². The summed E-state index contributed by atoms with van der Waals surface area (Å²) in [7, 11) is 0. The van der Waals surface area contributed by atoms with E-state index in [1.807, 2.05) is 60.7 Å². The maximum atomic E-state index is 12.8. The number of ether oxygens (including phenoxy) is 2. The Kier molecular flexibility index (Phi) is 7.79. The molecule has 8 heteroatoms. The zero-order valence-corrected chi connectivity index (χ0v) is 16.6. The molecule has 1 atom stereocenters. The highest BCUT2D eigenvalue weighted by Gasteiger charge is 2.26. The largest absolute Gasteiger partial charge is 0.445 e. The number of imide groups is 1. The van der Waals surface area contributed by atoms with Gasteiger partial charge in [-0.1, -0.05) is 60.7 Å². The number of hydrogen-bond donors (Lipinski definition) is 2. The highest BCUT2D eigenvalue weighted by Crippen LogP contribution is 2.06. The van der Waals surface area contributed by atoms with Crippen molar-refractivity contribution in [1.82, 2.24) is 15.5 Å². The molecular formula is C22H25N3O5. The van der Waals surface area contributed by atoms with E-state index in [1.165, 1.54) is 4.90 Å². The Morgan fingerprint density at radius 1 is 0.933 bits per heavy atom. The number of morpholine rings is 1. The summed E-state index contributed by atoms with van der Waals surface area (Å²) in [5.41, 5.74) is 1.68. The second-order valence-electron chi connectivity index (χ2n) is 6.84. The second-order valence-corrected chi connectivity index (χ2v) is 6.84. The quantitative estimate of drug-likeness (QED) is 0.759. The summed E-state index contributed by atoms with van der Waals surface area (Å²) >= 11 is 0. The van der Waals surface area contributed by atoms with E-state index in [-0.39, 0.29) is 13.0 Å². The van der Waals surface area contributed by atoms with Crippen LogP contribution in [0.25, 0.3) is 0 Å². The number of benzene rings is 2. The molecule has 3 rings (SSSR count). The molecule has 1 aliphatic heterocycles. The maximum absolute atomic E-state index is 12.8. The first-order valence-electron chi connectivity index (χ1n) is 9.80. The van der Waals surface area contributed by atoms with Gasteiger partial charge in [0.1, 0.15) is 12.6 Å². The predicted molar refractivity (Wildman–Crippen MR) is 110 cm³/mol. The van der Waals surface area contributed by atoms with E-state index in [0.717, 1.165) is 11.1 Å². The number of carbonyl (C=O) groups excluding carboxylic acids is 3. The van der Waals surface area contributed by atoms with Crippen LogP contribution in [-0.4, -0.2) is 55.3 Å². The minimum absolute atomic E-state index is 0.0824. The molecule has 1 fully saturated rings. The van der Waals surface area contributed by atoms with Crippen LogP contribution >= 0.6 is 0 Å². The highest BCUT2D eigenvalue weighted by atomic mass is 16.5. The van der Waals surface area contributed by atoms with Crippen LogP contribution in [0.4, 0.5) is 9.59 Å². The molecule has 1 heterocycles. The predicted octanol–water partition coefficient (Wildman–Crippen LogP) is 2.09. The van der Waals surface area contributed by atoms with E-state index in [0.29, 0.717) is 26.3 Å². The van der Waals surface area contributed by atoms with Crippen molar-refractivity contribution in [1.29, 1.82) is 0 Å². The molecule has 158 valence electrons. The average molecular weight is 411 g/mol. The molecule has 2 aromatic rings. The number of alkyl carbamates (subject to hydrolysis) is 1. The molecule has 0 aromatic heterocycles. The van der Waals surface area contributed by atoms with Crippen LogP contribution < -0.4 is 10.6 Å². The molecule has 2 N–H and O–H groups in total. The molecule has 8 nitrogen and oxygen atoms in total. The van der Waals surface area contributed by atoms with E-state index in [2.05, 4.69) is 10.6 Å². The molecule has 1 aliphatic rings. The number of nitrogens with one attached hydrogen (secondary N) is 2.